The van der Waals surface area contributed by atoms with Crippen LogP contribution in [-0.4, -0.2) is 31.6 Å². The Kier molecular flexibility index (Phi) is 3.37. The van der Waals surface area contributed by atoms with Crippen LogP contribution in [0.25, 0.3) is 16.6 Å². The van der Waals surface area contributed by atoms with Crippen molar-refractivity contribution in [3.05, 3.63) is 60.2 Å². The lowest BCUT2D eigenvalue weighted by atomic mass is 10.2. The summed E-state index contributed by atoms with van der Waals surface area (Å²) in [6.07, 6.45) is 1.81. The van der Waals surface area contributed by atoms with E-state index in [0.29, 0.717) is 0 Å². The maximum Gasteiger partial charge on any atom is 0.229 e. The second-order valence-electron chi connectivity index (χ2n) is 5.86. The first-order valence-electron chi connectivity index (χ1n) is 7.91. The van der Waals surface area contributed by atoms with Gasteiger partial charge < -0.3 is 4.90 Å². The summed E-state index contributed by atoms with van der Waals surface area (Å²) in [7, 11) is 2.01. The van der Waals surface area contributed by atoms with Crippen molar-refractivity contribution in [3.8, 4) is 0 Å². The SMILES string of the molecule is Cc1nc2c3ccccc3nc(N(C)C(C)c3ccccn3)n2n1. The van der Waals surface area contributed by atoms with Gasteiger partial charge in [0.05, 0.1) is 17.3 Å². The van der Waals surface area contributed by atoms with Crippen molar-refractivity contribution in [2.45, 2.75) is 19.9 Å². The summed E-state index contributed by atoms with van der Waals surface area (Å²) in [6.45, 7) is 4.00. The predicted molar refractivity (Wildman–Crippen MR) is 94.1 cm³/mol. The summed E-state index contributed by atoms with van der Waals surface area (Å²) in [5.74, 6) is 1.48. The summed E-state index contributed by atoms with van der Waals surface area (Å²) in [6, 6.07) is 14.0. The number of aryl methyl sites for hydroxylation is 1. The molecule has 3 aromatic heterocycles. The van der Waals surface area contributed by atoms with Gasteiger partial charge in [-0.2, -0.15) is 4.52 Å². The number of nitrogens with zero attached hydrogens (tertiary/aromatic N) is 6. The average Bonchev–Trinajstić information content (AvgIpc) is 3.02. The second-order valence-corrected chi connectivity index (χ2v) is 5.86. The molecule has 4 rings (SSSR count). The molecule has 0 radical (unpaired) electrons. The van der Waals surface area contributed by atoms with Crippen molar-refractivity contribution < 1.29 is 0 Å². The van der Waals surface area contributed by atoms with Crippen molar-refractivity contribution in [1.82, 2.24) is 24.6 Å². The van der Waals surface area contributed by atoms with Crippen molar-refractivity contribution in [3.63, 3.8) is 0 Å². The van der Waals surface area contributed by atoms with Crippen LogP contribution < -0.4 is 4.90 Å². The minimum atomic E-state index is 0.0626. The van der Waals surface area contributed by atoms with Crippen LogP contribution in [-0.2, 0) is 0 Å². The van der Waals surface area contributed by atoms with Crippen LogP contribution in [0.15, 0.2) is 48.7 Å². The number of para-hydroxylation sites is 1. The Morgan fingerprint density at radius 1 is 1.04 bits per heavy atom. The fraction of sp³-hybridized carbons (Fsp3) is 0.222. The molecular weight excluding hydrogens is 300 g/mol. The van der Waals surface area contributed by atoms with Crippen LogP contribution in [0.1, 0.15) is 24.5 Å². The molecule has 24 heavy (non-hydrogen) atoms. The highest BCUT2D eigenvalue weighted by Crippen LogP contribution is 2.26. The van der Waals surface area contributed by atoms with Gasteiger partial charge in [0.15, 0.2) is 5.65 Å². The zero-order valence-corrected chi connectivity index (χ0v) is 13.9. The van der Waals surface area contributed by atoms with Gasteiger partial charge in [-0.3, -0.25) is 4.98 Å². The fourth-order valence-corrected chi connectivity index (χ4v) is 2.87. The summed E-state index contributed by atoms with van der Waals surface area (Å²) in [5.41, 5.74) is 2.72. The van der Waals surface area contributed by atoms with E-state index < -0.39 is 0 Å². The van der Waals surface area contributed by atoms with Gasteiger partial charge in [-0.15, -0.1) is 5.10 Å². The van der Waals surface area contributed by atoms with Crippen LogP contribution in [0.4, 0.5) is 5.95 Å². The smallest absolute Gasteiger partial charge is 0.229 e. The molecule has 0 aliphatic rings. The quantitative estimate of drug-likeness (QED) is 0.580. The number of hydrogen-bond donors (Lipinski definition) is 0. The largest absolute Gasteiger partial charge is 0.335 e. The zero-order chi connectivity index (χ0) is 16.7. The summed E-state index contributed by atoms with van der Waals surface area (Å²) < 4.78 is 1.82. The van der Waals surface area contributed by atoms with Crippen LogP contribution in [0.2, 0.25) is 0 Å². The summed E-state index contributed by atoms with van der Waals surface area (Å²) >= 11 is 0. The summed E-state index contributed by atoms with van der Waals surface area (Å²) in [5, 5.41) is 5.54. The van der Waals surface area contributed by atoms with Gasteiger partial charge in [0.1, 0.15) is 5.82 Å². The highest BCUT2D eigenvalue weighted by molar-refractivity contribution is 5.92. The van der Waals surface area contributed by atoms with Gasteiger partial charge in [0.2, 0.25) is 5.95 Å². The normalized spacial score (nSPS) is 12.6. The lowest BCUT2D eigenvalue weighted by Crippen LogP contribution is -2.26. The van der Waals surface area contributed by atoms with Gasteiger partial charge in [0, 0.05) is 18.6 Å². The van der Waals surface area contributed by atoms with Crippen molar-refractivity contribution in [1.29, 1.82) is 0 Å². The van der Waals surface area contributed by atoms with Crippen molar-refractivity contribution in [2.75, 3.05) is 11.9 Å². The molecule has 4 aromatic rings. The number of anilines is 1. The Morgan fingerprint density at radius 2 is 1.83 bits per heavy atom. The van der Waals surface area contributed by atoms with E-state index in [0.717, 1.165) is 34.0 Å². The molecular formula is C18H18N6. The molecule has 1 aromatic carbocycles. The molecule has 0 saturated carbocycles. The van der Waals surface area contributed by atoms with E-state index in [1.165, 1.54) is 0 Å². The lowest BCUT2D eigenvalue weighted by Gasteiger charge is -2.25. The molecule has 0 aliphatic carbocycles. The van der Waals surface area contributed by atoms with Crippen LogP contribution in [0.3, 0.4) is 0 Å². The van der Waals surface area contributed by atoms with Crippen molar-refractivity contribution in [2.24, 2.45) is 0 Å². The van der Waals surface area contributed by atoms with Crippen molar-refractivity contribution >= 4 is 22.5 Å². The number of pyridine rings is 1. The molecule has 0 saturated heterocycles. The number of rotatable bonds is 3. The van der Waals surface area contributed by atoms with Crippen LogP contribution in [0, 0.1) is 6.92 Å². The van der Waals surface area contributed by atoms with Gasteiger partial charge in [-0.1, -0.05) is 18.2 Å². The molecule has 1 unspecified atom stereocenters. The number of fused-ring (bicyclic) bond motifs is 3. The topological polar surface area (TPSA) is 59.2 Å². The molecule has 0 N–H and O–H groups in total. The monoisotopic (exact) mass is 318 g/mol. The Labute approximate surface area is 139 Å². The Bertz CT molecular complexity index is 1010. The Hall–Kier alpha value is -3.02. The van der Waals surface area contributed by atoms with E-state index in [2.05, 4.69) is 26.9 Å². The third-order valence-corrected chi connectivity index (χ3v) is 4.28. The van der Waals surface area contributed by atoms with E-state index >= 15 is 0 Å². The van der Waals surface area contributed by atoms with Gasteiger partial charge in [-0.25, -0.2) is 9.97 Å². The van der Waals surface area contributed by atoms with Gasteiger partial charge >= 0.3 is 0 Å². The molecule has 6 nitrogen and oxygen atoms in total. The first-order chi connectivity index (χ1) is 11.6. The molecule has 0 aliphatic heterocycles. The molecule has 3 heterocycles. The predicted octanol–water partition coefficient (Wildman–Crippen LogP) is 3.18. The van der Waals surface area contributed by atoms with Gasteiger partial charge in [-0.05, 0) is 38.1 Å². The fourth-order valence-electron chi connectivity index (χ4n) is 2.87. The van der Waals surface area contributed by atoms with Crippen LogP contribution >= 0.6 is 0 Å². The lowest BCUT2D eigenvalue weighted by molar-refractivity contribution is 0.679. The first-order valence-corrected chi connectivity index (χ1v) is 7.91. The van der Waals surface area contributed by atoms with E-state index in [9.17, 15) is 0 Å². The average molecular weight is 318 g/mol. The highest BCUT2D eigenvalue weighted by atomic mass is 15.4. The van der Waals surface area contributed by atoms with Gasteiger partial charge in [0.25, 0.3) is 0 Å². The first kappa shape index (κ1) is 14.6. The third-order valence-electron chi connectivity index (χ3n) is 4.28. The minimum absolute atomic E-state index is 0.0626. The zero-order valence-electron chi connectivity index (χ0n) is 13.9. The minimum Gasteiger partial charge on any atom is -0.335 e. The molecule has 0 bridgehead atoms. The molecule has 0 fully saturated rings. The van der Waals surface area contributed by atoms with E-state index in [1.807, 2.05) is 67.1 Å². The third kappa shape index (κ3) is 2.27. The molecule has 0 spiro atoms. The highest BCUT2D eigenvalue weighted by Gasteiger charge is 2.20. The molecule has 120 valence electrons. The van der Waals surface area contributed by atoms with E-state index in [-0.39, 0.29) is 6.04 Å². The Morgan fingerprint density at radius 3 is 2.62 bits per heavy atom. The number of hydrogen-bond acceptors (Lipinski definition) is 5. The van der Waals surface area contributed by atoms with E-state index in [1.54, 1.807) is 0 Å². The molecule has 6 heteroatoms. The maximum atomic E-state index is 4.82. The van der Waals surface area contributed by atoms with Crippen LogP contribution in [0.5, 0.6) is 0 Å². The standard InChI is InChI=1S/C18H18N6/c1-12(15-9-6-7-11-19-15)23(3)18-21-16-10-5-4-8-14(16)17-20-13(2)22-24(17)18/h4-12H,1-3H3. The number of aromatic nitrogens is 5. The molecule has 0 amide bonds. The second kappa shape index (κ2) is 5.56. The number of benzene rings is 1. The van der Waals surface area contributed by atoms with E-state index in [4.69, 9.17) is 4.98 Å². The summed E-state index contributed by atoms with van der Waals surface area (Å²) in [4.78, 5) is 15.9. The maximum absolute atomic E-state index is 4.82. The molecule has 1 atom stereocenters. The Balaban J connectivity index is 1.91.